The minimum atomic E-state index is -0.355. The Balaban J connectivity index is 1.82. The molecule has 22 heavy (non-hydrogen) atoms. The second kappa shape index (κ2) is 5.28. The van der Waals surface area contributed by atoms with Gasteiger partial charge in [-0.25, -0.2) is 0 Å². The van der Waals surface area contributed by atoms with Crippen LogP contribution in [0.4, 0.5) is 5.69 Å². The van der Waals surface area contributed by atoms with Crippen molar-refractivity contribution in [3.63, 3.8) is 0 Å². The molecule has 1 fully saturated rings. The number of hydrogen-bond acceptors (Lipinski definition) is 4. The van der Waals surface area contributed by atoms with Crippen molar-refractivity contribution in [1.82, 2.24) is 4.90 Å². The predicted octanol–water partition coefficient (Wildman–Crippen LogP) is 1.66. The molecule has 118 valence electrons. The van der Waals surface area contributed by atoms with Crippen LogP contribution in [0, 0.1) is 0 Å². The summed E-state index contributed by atoms with van der Waals surface area (Å²) in [5, 5.41) is 2.72. The topological polar surface area (TPSA) is 67.9 Å². The molecule has 0 aliphatic carbocycles. The number of carbonyl (C=O) groups is 2. The Kier molecular flexibility index (Phi) is 3.56. The lowest BCUT2D eigenvalue weighted by molar-refractivity contribution is -0.119. The molecule has 0 bridgehead atoms. The fraction of sp³-hybridized carbons (Fsp3) is 0.500. The quantitative estimate of drug-likeness (QED) is 0.857. The molecular weight excluding hydrogens is 284 g/mol. The van der Waals surface area contributed by atoms with Crippen molar-refractivity contribution in [2.45, 2.75) is 32.5 Å². The zero-order valence-corrected chi connectivity index (χ0v) is 13.0. The summed E-state index contributed by atoms with van der Waals surface area (Å²) in [7, 11) is 0. The molecule has 2 heterocycles. The highest BCUT2D eigenvalue weighted by atomic mass is 16.5. The summed E-state index contributed by atoms with van der Waals surface area (Å²) in [6, 6.07) is 5.10. The van der Waals surface area contributed by atoms with Gasteiger partial charge in [0, 0.05) is 18.7 Å². The molecule has 1 atom stereocenters. The van der Waals surface area contributed by atoms with E-state index >= 15 is 0 Å². The molecule has 1 N–H and O–H groups in total. The third-order valence-electron chi connectivity index (χ3n) is 3.72. The lowest BCUT2D eigenvalue weighted by Crippen LogP contribution is -2.53. The first-order chi connectivity index (χ1) is 10.3. The molecule has 0 aromatic heterocycles. The van der Waals surface area contributed by atoms with Gasteiger partial charge in [-0.1, -0.05) is 0 Å². The second-order valence-corrected chi connectivity index (χ2v) is 6.42. The molecule has 2 aliphatic rings. The Morgan fingerprint density at radius 2 is 2.18 bits per heavy atom. The van der Waals surface area contributed by atoms with E-state index in [2.05, 4.69) is 5.32 Å². The largest absolute Gasteiger partial charge is 0.482 e. The smallest absolute Gasteiger partial charge is 0.262 e. The number of ether oxygens (including phenoxy) is 2. The van der Waals surface area contributed by atoms with Gasteiger partial charge in [0.05, 0.1) is 17.4 Å². The first kappa shape index (κ1) is 14.8. The molecule has 2 amide bonds. The normalized spacial score (nSPS) is 23.3. The molecule has 1 aromatic rings. The maximum atomic E-state index is 12.7. The van der Waals surface area contributed by atoms with Gasteiger partial charge in [-0.05, 0) is 39.0 Å². The van der Waals surface area contributed by atoms with Crippen LogP contribution in [0.15, 0.2) is 18.2 Å². The number of fused-ring (bicyclic) bond motifs is 1. The van der Waals surface area contributed by atoms with Crippen molar-refractivity contribution < 1.29 is 19.1 Å². The van der Waals surface area contributed by atoms with Crippen LogP contribution < -0.4 is 10.1 Å². The van der Waals surface area contributed by atoms with Crippen LogP contribution in [0.2, 0.25) is 0 Å². The fourth-order valence-corrected chi connectivity index (χ4v) is 3.00. The maximum Gasteiger partial charge on any atom is 0.262 e. The van der Waals surface area contributed by atoms with E-state index < -0.39 is 0 Å². The molecular formula is C16H20N2O4. The molecule has 6 nitrogen and oxygen atoms in total. The summed E-state index contributed by atoms with van der Waals surface area (Å²) in [6.07, 6.45) is 0.000801. The summed E-state index contributed by atoms with van der Waals surface area (Å²) >= 11 is 0. The molecule has 3 rings (SSSR count). The van der Waals surface area contributed by atoms with Crippen LogP contribution in [-0.2, 0) is 9.53 Å². The molecule has 1 aromatic carbocycles. The Bertz CT molecular complexity index is 627. The van der Waals surface area contributed by atoms with E-state index in [4.69, 9.17) is 9.47 Å². The summed E-state index contributed by atoms with van der Waals surface area (Å²) in [5.74, 6) is 0.299. The number of nitrogens with one attached hydrogen (secondary N) is 1. The number of morpholine rings is 1. The van der Waals surface area contributed by atoms with E-state index in [1.165, 1.54) is 0 Å². The molecule has 0 saturated carbocycles. The van der Waals surface area contributed by atoms with E-state index in [-0.39, 0.29) is 30.1 Å². The van der Waals surface area contributed by atoms with Crippen LogP contribution >= 0.6 is 0 Å². The van der Waals surface area contributed by atoms with E-state index in [1.807, 2.05) is 20.8 Å². The zero-order chi connectivity index (χ0) is 15.9. The average molecular weight is 304 g/mol. The van der Waals surface area contributed by atoms with Gasteiger partial charge < -0.3 is 19.7 Å². The van der Waals surface area contributed by atoms with Crippen molar-refractivity contribution in [3.8, 4) is 5.75 Å². The lowest BCUT2D eigenvalue weighted by atomic mass is 10.0. The zero-order valence-electron chi connectivity index (χ0n) is 13.0. The Morgan fingerprint density at radius 1 is 1.41 bits per heavy atom. The van der Waals surface area contributed by atoms with E-state index in [1.54, 1.807) is 23.1 Å². The third kappa shape index (κ3) is 2.92. The first-order valence-electron chi connectivity index (χ1n) is 7.38. The molecule has 2 aliphatic heterocycles. The van der Waals surface area contributed by atoms with Crippen molar-refractivity contribution in [1.29, 1.82) is 0 Å². The van der Waals surface area contributed by atoms with Crippen LogP contribution in [0.3, 0.4) is 0 Å². The van der Waals surface area contributed by atoms with Gasteiger partial charge in [0.1, 0.15) is 5.75 Å². The van der Waals surface area contributed by atoms with Crippen molar-refractivity contribution in [2.75, 3.05) is 25.0 Å². The Morgan fingerprint density at radius 3 is 2.91 bits per heavy atom. The Hall–Kier alpha value is -2.08. The van der Waals surface area contributed by atoms with Gasteiger partial charge in [0.2, 0.25) is 0 Å². The molecule has 0 spiro atoms. The van der Waals surface area contributed by atoms with Crippen LogP contribution in [0.25, 0.3) is 0 Å². The molecule has 1 saturated heterocycles. The predicted molar refractivity (Wildman–Crippen MR) is 81.1 cm³/mol. The summed E-state index contributed by atoms with van der Waals surface area (Å²) in [4.78, 5) is 25.8. The van der Waals surface area contributed by atoms with E-state index in [0.717, 1.165) is 0 Å². The van der Waals surface area contributed by atoms with E-state index in [9.17, 15) is 9.59 Å². The molecule has 1 unspecified atom stereocenters. The standard InChI is InChI=1S/C16H20N2O4/c1-10-7-18(9-16(2,3)22-10)15(20)11-4-5-12-13(6-11)21-8-14(19)17-12/h4-6,10H,7-9H2,1-3H3,(H,17,19). The number of benzene rings is 1. The van der Waals surface area contributed by atoms with Crippen molar-refractivity contribution in [3.05, 3.63) is 23.8 Å². The highest BCUT2D eigenvalue weighted by Crippen LogP contribution is 2.30. The van der Waals surface area contributed by atoms with Crippen molar-refractivity contribution in [2.24, 2.45) is 0 Å². The second-order valence-electron chi connectivity index (χ2n) is 6.42. The summed E-state index contributed by atoms with van der Waals surface area (Å²) < 4.78 is 11.2. The van der Waals surface area contributed by atoms with Gasteiger partial charge >= 0.3 is 0 Å². The minimum absolute atomic E-state index is 0.000801. The monoisotopic (exact) mass is 304 g/mol. The number of amides is 2. The number of rotatable bonds is 1. The highest BCUT2D eigenvalue weighted by molar-refractivity contribution is 5.99. The van der Waals surface area contributed by atoms with Gasteiger partial charge in [0.25, 0.3) is 11.8 Å². The minimum Gasteiger partial charge on any atom is -0.482 e. The number of carbonyl (C=O) groups excluding carboxylic acids is 2. The number of anilines is 1. The van der Waals surface area contributed by atoms with Crippen molar-refractivity contribution >= 4 is 17.5 Å². The average Bonchev–Trinajstić information content (AvgIpc) is 2.43. The number of nitrogens with zero attached hydrogens (tertiary/aromatic N) is 1. The van der Waals surface area contributed by atoms with Crippen LogP contribution in [0.5, 0.6) is 5.75 Å². The maximum absolute atomic E-state index is 12.7. The SMILES string of the molecule is CC1CN(C(=O)c2ccc3c(c2)OCC(=O)N3)CC(C)(C)O1. The Labute approximate surface area is 129 Å². The van der Waals surface area contributed by atoms with Gasteiger partial charge in [-0.2, -0.15) is 0 Å². The summed E-state index contributed by atoms with van der Waals surface area (Å²) in [6.45, 7) is 7.02. The summed E-state index contributed by atoms with van der Waals surface area (Å²) in [5.41, 5.74) is 0.801. The molecule has 0 radical (unpaired) electrons. The highest BCUT2D eigenvalue weighted by Gasteiger charge is 2.34. The first-order valence-corrected chi connectivity index (χ1v) is 7.38. The van der Waals surface area contributed by atoms with Gasteiger partial charge in [-0.15, -0.1) is 0 Å². The van der Waals surface area contributed by atoms with Crippen LogP contribution in [-0.4, -0.2) is 48.1 Å². The van der Waals surface area contributed by atoms with Crippen LogP contribution in [0.1, 0.15) is 31.1 Å². The fourth-order valence-electron chi connectivity index (χ4n) is 3.00. The van der Waals surface area contributed by atoms with Gasteiger partial charge in [-0.3, -0.25) is 9.59 Å². The number of hydrogen-bond donors (Lipinski definition) is 1. The van der Waals surface area contributed by atoms with E-state index in [0.29, 0.717) is 30.1 Å². The third-order valence-corrected chi connectivity index (χ3v) is 3.72. The lowest BCUT2D eigenvalue weighted by Gasteiger charge is -2.41. The van der Waals surface area contributed by atoms with Gasteiger partial charge in [0.15, 0.2) is 6.61 Å². The molecule has 6 heteroatoms.